The summed E-state index contributed by atoms with van der Waals surface area (Å²) in [4.78, 5) is 38.1. The third-order valence-electron chi connectivity index (χ3n) is 9.66. The second-order valence-electron chi connectivity index (χ2n) is 11.4. The van der Waals surface area contributed by atoms with E-state index < -0.39 is 76.4 Å². The largest absolute Gasteiger partial charge is 0.450 e. The number of aliphatic hydroxyl groups excluding tert-OH is 2. The van der Waals surface area contributed by atoms with Crippen molar-refractivity contribution >= 4 is 17.5 Å². The molecule has 3 fully saturated rings. The summed E-state index contributed by atoms with van der Waals surface area (Å²) in [6.07, 6.45) is 1.75. The number of ether oxygens (including phenoxy) is 1. The molecular formula is C27H36F2O6. The molecule has 4 aliphatic carbocycles. The molecule has 9 atom stereocenters. The topological polar surface area (TPSA) is 101 Å². The fourth-order valence-corrected chi connectivity index (χ4v) is 8.29. The van der Waals surface area contributed by atoms with Crippen LogP contribution in [0.3, 0.4) is 0 Å². The number of carbonyl (C=O) groups is 3. The van der Waals surface area contributed by atoms with Gasteiger partial charge in [0.2, 0.25) is 11.6 Å². The zero-order chi connectivity index (χ0) is 25.9. The van der Waals surface area contributed by atoms with Crippen LogP contribution in [0.25, 0.3) is 0 Å². The lowest BCUT2D eigenvalue weighted by atomic mass is 9.45. The molecule has 0 aromatic rings. The maximum Gasteiger partial charge on any atom is 0.306 e. The molecule has 4 aliphatic rings. The molecular weight excluding hydrogens is 458 g/mol. The van der Waals surface area contributed by atoms with Crippen LogP contribution in [0.2, 0.25) is 0 Å². The van der Waals surface area contributed by atoms with Crippen LogP contribution in [-0.2, 0) is 19.1 Å². The minimum absolute atomic E-state index is 0.0686. The number of Topliss-reactive ketones (excluding diaryl/α,β-unsaturated/α-hetero) is 1. The van der Waals surface area contributed by atoms with E-state index in [2.05, 4.69) is 0 Å². The summed E-state index contributed by atoms with van der Waals surface area (Å²) >= 11 is 0. The Bertz CT molecular complexity index is 990. The molecule has 4 rings (SSSR count). The molecule has 35 heavy (non-hydrogen) atoms. The summed E-state index contributed by atoms with van der Waals surface area (Å²) in [5.41, 5.74) is -4.08. The van der Waals surface area contributed by atoms with Gasteiger partial charge < -0.3 is 14.9 Å². The number of fused-ring (bicyclic) bond motifs is 5. The highest BCUT2D eigenvalue weighted by molar-refractivity contribution is 6.04. The fraction of sp³-hybridized carbons (Fsp3) is 0.741. The Kier molecular flexibility index (Phi) is 6.63. The lowest BCUT2D eigenvalue weighted by Crippen LogP contribution is -2.65. The van der Waals surface area contributed by atoms with Gasteiger partial charge in [0.25, 0.3) is 0 Å². The molecule has 2 N–H and O–H groups in total. The molecule has 0 radical (unpaired) electrons. The molecule has 0 bridgehead atoms. The van der Waals surface area contributed by atoms with Gasteiger partial charge in [0.1, 0.15) is 12.8 Å². The Balaban J connectivity index is 1.80. The van der Waals surface area contributed by atoms with Crippen LogP contribution in [0.15, 0.2) is 23.6 Å². The van der Waals surface area contributed by atoms with Crippen molar-refractivity contribution in [3.05, 3.63) is 23.6 Å². The Hall–Kier alpha value is -1.93. The molecule has 0 saturated heterocycles. The third-order valence-corrected chi connectivity index (χ3v) is 9.66. The SMILES string of the molecule is CCCCC(=O)O[C@@]1(C(=O)CO)[C@H](C)C[C@H]2[C@@H]3C[C@H](F)C4=C(F)C(=O)C=C[C@]4(C)[C@H]3[C@@H](O)C[C@@]21C. The van der Waals surface area contributed by atoms with Gasteiger partial charge in [-0.25, -0.2) is 8.78 Å². The van der Waals surface area contributed by atoms with Crippen molar-refractivity contribution in [1.29, 1.82) is 0 Å². The third kappa shape index (κ3) is 3.50. The number of hydrogen-bond acceptors (Lipinski definition) is 6. The summed E-state index contributed by atoms with van der Waals surface area (Å²) < 4.78 is 36.4. The summed E-state index contributed by atoms with van der Waals surface area (Å²) in [7, 11) is 0. The van der Waals surface area contributed by atoms with Crippen molar-refractivity contribution in [3.63, 3.8) is 0 Å². The minimum Gasteiger partial charge on any atom is -0.450 e. The van der Waals surface area contributed by atoms with Crippen LogP contribution in [0.5, 0.6) is 0 Å². The first-order valence-corrected chi connectivity index (χ1v) is 12.7. The number of alkyl halides is 1. The van der Waals surface area contributed by atoms with Crippen molar-refractivity contribution in [2.24, 2.45) is 34.5 Å². The Morgan fingerprint density at radius 1 is 1.26 bits per heavy atom. The normalized spacial score (nSPS) is 44.5. The van der Waals surface area contributed by atoms with Crippen LogP contribution in [0, 0.1) is 34.5 Å². The van der Waals surface area contributed by atoms with E-state index in [-0.39, 0.29) is 30.8 Å². The molecule has 194 valence electrons. The first-order valence-electron chi connectivity index (χ1n) is 12.7. The summed E-state index contributed by atoms with van der Waals surface area (Å²) in [5.74, 6) is -4.88. The molecule has 0 amide bonds. The van der Waals surface area contributed by atoms with Gasteiger partial charge in [0.05, 0.1) is 6.10 Å². The van der Waals surface area contributed by atoms with E-state index in [4.69, 9.17) is 4.74 Å². The quantitative estimate of drug-likeness (QED) is 0.545. The van der Waals surface area contributed by atoms with E-state index in [1.165, 1.54) is 6.08 Å². The smallest absolute Gasteiger partial charge is 0.306 e. The predicted molar refractivity (Wildman–Crippen MR) is 123 cm³/mol. The minimum atomic E-state index is -1.71. The number of ketones is 2. The van der Waals surface area contributed by atoms with Crippen molar-refractivity contribution in [3.8, 4) is 0 Å². The molecule has 6 nitrogen and oxygen atoms in total. The van der Waals surface area contributed by atoms with Crippen LogP contribution >= 0.6 is 0 Å². The number of hydrogen-bond donors (Lipinski definition) is 2. The standard InChI is InChI=1S/C27H36F2O6/c1-5-6-7-21(34)35-27(20(33)13-30)14(2)10-16-15-11-17(28)23-24(29)18(31)8-9-25(23,3)22(15)19(32)12-26(16,27)4/h8-9,14-17,19,22,30,32H,5-7,10-13H2,1-4H3/t14-,15+,16+,17+,19+,22-,25-,26+,27-/m1/s1. The molecule has 3 saturated carbocycles. The molecule has 0 aromatic heterocycles. The first kappa shape index (κ1) is 26.1. The number of rotatable bonds is 6. The number of carbonyl (C=O) groups excluding carboxylic acids is 3. The van der Waals surface area contributed by atoms with E-state index in [0.717, 1.165) is 12.5 Å². The lowest BCUT2D eigenvalue weighted by Gasteiger charge is -2.60. The molecule has 0 unspecified atom stereocenters. The lowest BCUT2D eigenvalue weighted by molar-refractivity contribution is -0.206. The van der Waals surface area contributed by atoms with Crippen LogP contribution < -0.4 is 0 Å². The van der Waals surface area contributed by atoms with Crippen LogP contribution in [0.4, 0.5) is 8.78 Å². The van der Waals surface area contributed by atoms with Crippen molar-refractivity contribution in [2.45, 2.75) is 84.1 Å². The predicted octanol–water partition coefficient (Wildman–Crippen LogP) is 3.79. The monoisotopic (exact) mass is 494 g/mol. The fourth-order valence-electron chi connectivity index (χ4n) is 8.29. The highest BCUT2D eigenvalue weighted by Crippen LogP contribution is 2.69. The van der Waals surface area contributed by atoms with E-state index in [0.29, 0.717) is 12.8 Å². The number of aliphatic hydroxyl groups is 2. The number of allylic oxidation sites excluding steroid dienone is 4. The van der Waals surface area contributed by atoms with Gasteiger partial charge in [0.15, 0.2) is 11.4 Å². The number of esters is 1. The highest BCUT2D eigenvalue weighted by atomic mass is 19.1. The molecule has 0 aromatic carbocycles. The maximum absolute atomic E-state index is 15.6. The summed E-state index contributed by atoms with van der Waals surface area (Å²) in [6, 6.07) is 0. The molecule has 0 aliphatic heterocycles. The van der Waals surface area contributed by atoms with Crippen LogP contribution in [0.1, 0.15) is 66.2 Å². The van der Waals surface area contributed by atoms with E-state index in [1.807, 2.05) is 6.92 Å². The van der Waals surface area contributed by atoms with Gasteiger partial charge in [-0.1, -0.05) is 40.2 Å². The van der Waals surface area contributed by atoms with Crippen molar-refractivity contribution in [2.75, 3.05) is 6.61 Å². The maximum atomic E-state index is 15.6. The molecule has 0 heterocycles. The Labute approximate surface area is 204 Å². The van der Waals surface area contributed by atoms with Gasteiger partial charge in [0, 0.05) is 34.7 Å². The zero-order valence-electron chi connectivity index (χ0n) is 20.9. The second-order valence-corrected chi connectivity index (χ2v) is 11.4. The zero-order valence-corrected chi connectivity index (χ0v) is 20.9. The molecule has 8 heteroatoms. The average Bonchev–Trinajstić information content (AvgIpc) is 3.01. The Morgan fingerprint density at radius 2 is 1.94 bits per heavy atom. The van der Waals surface area contributed by atoms with E-state index >= 15 is 4.39 Å². The summed E-state index contributed by atoms with van der Waals surface area (Å²) in [5, 5.41) is 21.4. The van der Waals surface area contributed by atoms with Gasteiger partial charge in [-0.3, -0.25) is 14.4 Å². The van der Waals surface area contributed by atoms with Crippen molar-refractivity contribution in [1.82, 2.24) is 0 Å². The van der Waals surface area contributed by atoms with Gasteiger partial charge in [-0.05, 0) is 43.6 Å². The number of halogens is 2. The van der Waals surface area contributed by atoms with Gasteiger partial charge >= 0.3 is 5.97 Å². The van der Waals surface area contributed by atoms with Crippen molar-refractivity contribution < 1.29 is 38.1 Å². The highest BCUT2D eigenvalue weighted by Gasteiger charge is 2.73. The first-order chi connectivity index (χ1) is 16.4. The average molecular weight is 495 g/mol. The van der Waals surface area contributed by atoms with E-state index in [1.54, 1.807) is 20.8 Å². The molecule has 0 spiro atoms. The summed E-state index contributed by atoms with van der Waals surface area (Å²) in [6.45, 7) is 6.38. The van der Waals surface area contributed by atoms with Crippen LogP contribution in [-0.4, -0.2) is 52.2 Å². The Morgan fingerprint density at radius 3 is 2.57 bits per heavy atom. The van der Waals surface area contributed by atoms with E-state index in [9.17, 15) is 29.0 Å². The second kappa shape index (κ2) is 8.87. The van der Waals surface area contributed by atoms with Gasteiger partial charge in [-0.2, -0.15) is 0 Å². The number of unbranched alkanes of at least 4 members (excludes halogenated alkanes) is 1. The van der Waals surface area contributed by atoms with Gasteiger partial charge in [-0.15, -0.1) is 0 Å².